The number of nitrogens with zero attached hydrogens (tertiary/aromatic N) is 1. The van der Waals surface area contributed by atoms with Gasteiger partial charge >= 0.3 is 12.1 Å². The predicted octanol–water partition coefficient (Wildman–Crippen LogP) is 3.37. The van der Waals surface area contributed by atoms with Gasteiger partial charge in [-0.3, -0.25) is 4.79 Å². The molecule has 0 saturated heterocycles. The summed E-state index contributed by atoms with van der Waals surface area (Å²) in [5.74, 6) is -0.913. The molecule has 0 bridgehead atoms. The quantitative estimate of drug-likeness (QED) is 0.420. The zero-order chi connectivity index (χ0) is 27.0. The number of rotatable bonds is 11. The van der Waals surface area contributed by atoms with Crippen LogP contribution >= 0.6 is 0 Å². The molecule has 3 rings (SSSR count). The summed E-state index contributed by atoms with van der Waals surface area (Å²) in [6, 6.07) is 12.3. The number of carboxylic acids is 1. The number of benzene rings is 2. The van der Waals surface area contributed by atoms with E-state index in [1.165, 1.54) is 24.1 Å². The number of ether oxygens (including phenoxy) is 3. The Labute approximate surface area is 217 Å². The van der Waals surface area contributed by atoms with Crippen LogP contribution in [-0.2, 0) is 24.3 Å². The molecule has 10 nitrogen and oxygen atoms in total. The summed E-state index contributed by atoms with van der Waals surface area (Å²) < 4.78 is 43.6. The van der Waals surface area contributed by atoms with Gasteiger partial charge in [-0.05, 0) is 67.0 Å². The predicted molar refractivity (Wildman–Crippen MR) is 137 cm³/mol. The van der Waals surface area contributed by atoms with Crippen molar-refractivity contribution < 1.29 is 37.3 Å². The minimum absolute atomic E-state index is 0.0109. The number of methoxy groups -OCH3 is 2. The number of carboxylic acid groups (broad SMARTS) is 1. The van der Waals surface area contributed by atoms with Gasteiger partial charge in [-0.1, -0.05) is 24.3 Å². The molecule has 37 heavy (non-hydrogen) atoms. The Hall–Kier alpha value is -3.15. The molecule has 1 fully saturated rings. The Balaban J connectivity index is 1.62. The number of sulfonamides is 1. The first-order valence-corrected chi connectivity index (χ1v) is 13.5. The van der Waals surface area contributed by atoms with Gasteiger partial charge < -0.3 is 24.2 Å². The van der Waals surface area contributed by atoms with Crippen LogP contribution in [0.2, 0.25) is 0 Å². The lowest BCUT2D eigenvalue weighted by Crippen LogP contribution is -2.48. The van der Waals surface area contributed by atoms with Crippen molar-refractivity contribution in [2.45, 2.75) is 42.7 Å². The highest BCUT2D eigenvalue weighted by Crippen LogP contribution is 2.31. The van der Waals surface area contributed by atoms with E-state index in [9.17, 15) is 23.1 Å². The van der Waals surface area contributed by atoms with Gasteiger partial charge in [0, 0.05) is 20.2 Å². The van der Waals surface area contributed by atoms with Crippen LogP contribution in [0.4, 0.5) is 4.79 Å². The number of aliphatic carboxylic acids is 1. The molecule has 1 aliphatic carbocycles. The molecule has 202 valence electrons. The molecule has 1 saturated carbocycles. The number of amides is 1. The Morgan fingerprint density at radius 3 is 2.05 bits per heavy atom. The third-order valence-corrected chi connectivity index (χ3v) is 8.15. The van der Waals surface area contributed by atoms with E-state index in [1.807, 2.05) is 24.3 Å². The molecule has 0 heterocycles. The fourth-order valence-electron chi connectivity index (χ4n) is 4.48. The van der Waals surface area contributed by atoms with Crippen molar-refractivity contribution >= 4 is 22.1 Å². The van der Waals surface area contributed by atoms with Crippen LogP contribution in [0, 0.1) is 5.92 Å². The van der Waals surface area contributed by atoms with E-state index < -0.39 is 34.0 Å². The van der Waals surface area contributed by atoms with E-state index in [1.54, 1.807) is 26.3 Å². The maximum absolute atomic E-state index is 13.0. The third-order valence-electron chi connectivity index (χ3n) is 6.70. The van der Waals surface area contributed by atoms with E-state index in [4.69, 9.17) is 14.2 Å². The van der Waals surface area contributed by atoms with Gasteiger partial charge in [0.2, 0.25) is 10.0 Å². The number of carbonyl (C=O) groups is 2. The topological polar surface area (TPSA) is 131 Å². The van der Waals surface area contributed by atoms with Gasteiger partial charge in [0.25, 0.3) is 0 Å². The van der Waals surface area contributed by atoms with Crippen molar-refractivity contribution in [3.8, 4) is 16.9 Å². The van der Waals surface area contributed by atoms with Crippen molar-refractivity contribution in [2.75, 3.05) is 34.5 Å². The zero-order valence-corrected chi connectivity index (χ0v) is 22.1. The van der Waals surface area contributed by atoms with Crippen LogP contribution in [0.1, 0.15) is 25.7 Å². The lowest BCUT2D eigenvalue weighted by Gasteiger charge is -2.36. The van der Waals surface area contributed by atoms with E-state index in [0.29, 0.717) is 32.3 Å². The molecular formula is C26H34N2O8S. The summed E-state index contributed by atoms with van der Waals surface area (Å²) in [6.45, 7) is 0.454. The Kier molecular flexibility index (Phi) is 9.90. The molecule has 1 aliphatic rings. The average Bonchev–Trinajstić information content (AvgIpc) is 2.91. The first kappa shape index (κ1) is 28.4. The highest BCUT2D eigenvalue weighted by molar-refractivity contribution is 7.89. The highest BCUT2D eigenvalue weighted by atomic mass is 32.2. The maximum Gasteiger partial charge on any atom is 0.409 e. The van der Waals surface area contributed by atoms with Gasteiger partial charge in [0.05, 0.1) is 18.6 Å². The molecule has 11 heteroatoms. The second kappa shape index (κ2) is 12.9. The molecule has 2 aromatic rings. The first-order chi connectivity index (χ1) is 17.7. The van der Waals surface area contributed by atoms with Crippen LogP contribution in [0.3, 0.4) is 0 Å². The third kappa shape index (κ3) is 7.43. The van der Waals surface area contributed by atoms with Crippen molar-refractivity contribution in [3.63, 3.8) is 0 Å². The zero-order valence-electron chi connectivity index (χ0n) is 21.3. The van der Waals surface area contributed by atoms with Crippen molar-refractivity contribution in [1.82, 2.24) is 9.62 Å². The van der Waals surface area contributed by atoms with Crippen molar-refractivity contribution in [1.29, 1.82) is 0 Å². The summed E-state index contributed by atoms with van der Waals surface area (Å²) in [5, 5.41) is 9.82. The van der Waals surface area contributed by atoms with Gasteiger partial charge in [-0.15, -0.1) is 0 Å². The summed E-state index contributed by atoms with van der Waals surface area (Å²) in [5.41, 5.74) is 1.71. The van der Waals surface area contributed by atoms with E-state index in [0.717, 1.165) is 16.9 Å². The van der Waals surface area contributed by atoms with Crippen LogP contribution in [0.5, 0.6) is 5.75 Å². The molecule has 0 spiro atoms. The largest absolute Gasteiger partial charge is 0.497 e. The Bertz CT molecular complexity index is 1140. The van der Waals surface area contributed by atoms with Crippen LogP contribution in [-0.4, -0.2) is 77.1 Å². The van der Waals surface area contributed by atoms with Crippen LogP contribution in [0.25, 0.3) is 11.1 Å². The summed E-state index contributed by atoms with van der Waals surface area (Å²) in [6.07, 6.45) is 1.53. The van der Waals surface area contributed by atoms with Gasteiger partial charge in [-0.25, -0.2) is 13.2 Å². The molecule has 0 radical (unpaired) electrons. The normalized spacial score (nSPS) is 18.6. The minimum atomic E-state index is -4.07. The number of nitrogens with one attached hydrogen (secondary N) is 1. The molecular weight excluding hydrogens is 500 g/mol. The second-order valence-electron chi connectivity index (χ2n) is 8.98. The summed E-state index contributed by atoms with van der Waals surface area (Å²) in [4.78, 5) is 25.7. The van der Waals surface area contributed by atoms with Crippen molar-refractivity contribution in [2.24, 2.45) is 5.92 Å². The van der Waals surface area contributed by atoms with Crippen molar-refractivity contribution in [3.05, 3.63) is 48.5 Å². The van der Waals surface area contributed by atoms with Gasteiger partial charge in [0.1, 0.15) is 18.4 Å². The SMILES string of the molecule is COCCOC(=O)N(C)C1CCC([C@@H](NS(=O)(=O)c2ccc(-c3ccc(OC)cc3)cc2)C(=O)O)CC1. The van der Waals surface area contributed by atoms with E-state index in [-0.39, 0.29) is 17.5 Å². The van der Waals surface area contributed by atoms with Crippen LogP contribution in [0.15, 0.2) is 53.4 Å². The molecule has 2 N–H and O–H groups in total. The fraction of sp³-hybridized carbons (Fsp3) is 0.462. The molecule has 0 aliphatic heterocycles. The smallest absolute Gasteiger partial charge is 0.409 e. The molecule has 0 aromatic heterocycles. The Morgan fingerprint density at radius 1 is 0.973 bits per heavy atom. The van der Waals surface area contributed by atoms with E-state index >= 15 is 0 Å². The van der Waals surface area contributed by atoms with E-state index in [2.05, 4.69) is 4.72 Å². The fourth-order valence-corrected chi connectivity index (χ4v) is 5.74. The Morgan fingerprint density at radius 2 is 1.54 bits per heavy atom. The molecule has 0 unspecified atom stereocenters. The maximum atomic E-state index is 13.0. The summed E-state index contributed by atoms with van der Waals surface area (Å²) >= 11 is 0. The minimum Gasteiger partial charge on any atom is -0.497 e. The highest BCUT2D eigenvalue weighted by Gasteiger charge is 2.37. The molecule has 2 aromatic carbocycles. The number of hydrogen-bond acceptors (Lipinski definition) is 7. The number of carbonyl (C=O) groups excluding carboxylic acids is 1. The first-order valence-electron chi connectivity index (χ1n) is 12.0. The van der Waals surface area contributed by atoms with Gasteiger partial charge in [0.15, 0.2) is 0 Å². The molecule has 1 atom stereocenters. The van der Waals surface area contributed by atoms with Gasteiger partial charge in [-0.2, -0.15) is 4.72 Å². The monoisotopic (exact) mass is 534 g/mol. The lowest BCUT2D eigenvalue weighted by atomic mass is 9.81. The second-order valence-corrected chi connectivity index (χ2v) is 10.7. The number of hydrogen-bond donors (Lipinski definition) is 2. The lowest BCUT2D eigenvalue weighted by molar-refractivity contribution is -0.140. The average molecular weight is 535 g/mol. The molecule has 1 amide bonds. The van der Waals surface area contributed by atoms with Crippen LogP contribution < -0.4 is 9.46 Å². The summed E-state index contributed by atoms with van der Waals surface area (Å²) in [7, 11) is 0.678. The standard InChI is InChI=1S/C26H34N2O8S/c1-28(26(31)36-17-16-34-2)21-10-4-20(5-11-21)24(25(29)30)27-37(32,33)23-14-8-19(9-15-23)18-6-12-22(35-3)13-7-18/h6-9,12-15,20-21,24,27H,4-5,10-11,16-17H2,1-3H3,(H,29,30)/t20?,21?,24-/m1/s1.